The number of aliphatic carboxylic acids is 1. The Morgan fingerprint density at radius 3 is 2.65 bits per heavy atom. The molecule has 3 heteroatoms. The van der Waals surface area contributed by atoms with Crippen molar-refractivity contribution < 1.29 is 9.90 Å². The predicted molar refractivity (Wildman–Crippen MR) is 77.6 cm³/mol. The van der Waals surface area contributed by atoms with Crippen LogP contribution in [-0.2, 0) is 16.6 Å². The number of carbonyl (C=O) groups is 1. The zero-order valence-corrected chi connectivity index (χ0v) is 11.5. The van der Waals surface area contributed by atoms with E-state index < -0.39 is 11.4 Å². The van der Waals surface area contributed by atoms with Gasteiger partial charge in [-0.3, -0.25) is 9.78 Å². The third kappa shape index (κ3) is 1.99. The molecule has 0 spiro atoms. The van der Waals surface area contributed by atoms with Crippen LogP contribution in [0.3, 0.4) is 0 Å². The highest BCUT2D eigenvalue weighted by atomic mass is 16.4. The quantitative estimate of drug-likeness (QED) is 0.907. The number of hydrogen-bond acceptors (Lipinski definition) is 2. The summed E-state index contributed by atoms with van der Waals surface area (Å²) in [5.74, 6) is -0.757. The lowest BCUT2D eigenvalue weighted by atomic mass is 9.73. The molecule has 3 rings (SSSR count). The molecule has 0 fully saturated rings. The predicted octanol–water partition coefficient (Wildman–Crippen LogP) is 3.43. The zero-order valence-electron chi connectivity index (χ0n) is 11.5. The minimum absolute atomic E-state index is 0.682. The van der Waals surface area contributed by atoms with Crippen molar-refractivity contribution in [2.75, 3.05) is 0 Å². The van der Waals surface area contributed by atoms with Gasteiger partial charge >= 0.3 is 5.97 Å². The van der Waals surface area contributed by atoms with E-state index in [1.807, 2.05) is 42.5 Å². The van der Waals surface area contributed by atoms with E-state index in [0.717, 1.165) is 35.4 Å². The van der Waals surface area contributed by atoms with Crippen LogP contribution >= 0.6 is 0 Å². The molecule has 3 nitrogen and oxygen atoms in total. The van der Waals surface area contributed by atoms with E-state index in [4.69, 9.17) is 4.98 Å². The SMILES string of the molecule is CC1(C(=O)O)CCCc2nc(-c3ccccc3)ccc21. The lowest BCUT2D eigenvalue weighted by Crippen LogP contribution is -2.36. The molecule has 1 unspecified atom stereocenters. The summed E-state index contributed by atoms with van der Waals surface area (Å²) in [6, 6.07) is 13.9. The molecule has 1 aromatic heterocycles. The number of aryl methyl sites for hydroxylation is 1. The summed E-state index contributed by atoms with van der Waals surface area (Å²) in [7, 11) is 0. The summed E-state index contributed by atoms with van der Waals surface area (Å²) in [5, 5.41) is 9.50. The highest BCUT2D eigenvalue weighted by molar-refractivity contribution is 5.82. The Balaban J connectivity index is 2.08. The summed E-state index contributed by atoms with van der Waals surface area (Å²) in [6.07, 6.45) is 2.42. The first kappa shape index (κ1) is 12.9. The first-order chi connectivity index (χ1) is 9.61. The molecule has 1 heterocycles. The fourth-order valence-corrected chi connectivity index (χ4v) is 2.93. The van der Waals surface area contributed by atoms with Gasteiger partial charge in [0.2, 0.25) is 0 Å². The second kappa shape index (κ2) is 4.75. The standard InChI is InChI=1S/C17H17NO2/c1-17(16(19)20)11-5-8-15-13(17)9-10-14(18-15)12-6-3-2-4-7-12/h2-4,6-7,9-10H,5,8,11H2,1H3,(H,19,20). The molecule has 0 amide bonds. The Morgan fingerprint density at radius 1 is 1.20 bits per heavy atom. The van der Waals surface area contributed by atoms with Crippen LogP contribution in [0.5, 0.6) is 0 Å². The van der Waals surface area contributed by atoms with Crippen LogP contribution in [0.2, 0.25) is 0 Å². The fraction of sp³-hybridized carbons (Fsp3) is 0.294. The van der Waals surface area contributed by atoms with Gasteiger partial charge in [0.05, 0.1) is 11.1 Å². The molecule has 1 N–H and O–H groups in total. The normalized spacial score (nSPS) is 21.2. The van der Waals surface area contributed by atoms with E-state index in [1.165, 1.54) is 0 Å². The van der Waals surface area contributed by atoms with Gasteiger partial charge in [-0.15, -0.1) is 0 Å². The van der Waals surface area contributed by atoms with Gasteiger partial charge in [-0.1, -0.05) is 36.4 Å². The molecule has 0 aliphatic heterocycles. The molecule has 0 bridgehead atoms. The van der Waals surface area contributed by atoms with Crippen molar-refractivity contribution in [3.8, 4) is 11.3 Å². The highest BCUT2D eigenvalue weighted by Gasteiger charge is 2.39. The summed E-state index contributed by atoms with van der Waals surface area (Å²) in [6.45, 7) is 1.80. The summed E-state index contributed by atoms with van der Waals surface area (Å²) < 4.78 is 0. The van der Waals surface area contributed by atoms with Crippen molar-refractivity contribution in [2.45, 2.75) is 31.6 Å². The van der Waals surface area contributed by atoms with Crippen LogP contribution in [0.4, 0.5) is 0 Å². The molecule has 102 valence electrons. The molecule has 20 heavy (non-hydrogen) atoms. The minimum Gasteiger partial charge on any atom is -0.481 e. The Morgan fingerprint density at radius 2 is 1.95 bits per heavy atom. The second-order valence-electron chi connectivity index (χ2n) is 5.55. The minimum atomic E-state index is -0.796. The summed E-state index contributed by atoms with van der Waals surface area (Å²) >= 11 is 0. The largest absolute Gasteiger partial charge is 0.481 e. The van der Waals surface area contributed by atoms with E-state index in [0.29, 0.717) is 6.42 Å². The maximum atomic E-state index is 11.6. The molecule has 0 radical (unpaired) electrons. The molecule has 1 aliphatic carbocycles. The molecule has 1 atom stereocenters. The third-order valence-electron chi connectivity index (χ3n) is 4.20. The Kier molecular flexibility index (Phi) is 3.05. The number of rotatable bonds is 2. The molecule has 0 saturated heterocycles. The number of carboxylic acids is 1. The first-order valence-corrected chi connectivity index (χ1v) is 6.90. The van der Waals surface area contributed by atoms with E-state index in [1.54, 1.807) is 6.92 Å². The smallest absolute Gasteiger partial charge is 0.313 e. The second-order valence-corrected chi connectivity index (χ2v) is 5.55. The van der Waals surface area contributed by atoms with Crippen LogP contribution in [0.25, 0.3) is 11.3 Å². The van der Waals surface area contributed by atoms with Crippen molar-refractivity contribution in [2.24, 2.45) is 0 Å². The first-order valence-electron chi connectivity index (χ1n) is 6.90. The van der Waals surface area contributed by atoms with E-state index in [-0.39, 0.29) is 0 Å². The number of nitrogens with zero attached hydrogens (tertiary/aromatic N) is 1. The van der Waals surface area contributed by atoms with Gasteiger partial charge in [-0.2, -0.15) is 0 Å². The third-order valence-corrected chi connectivity index (χ3v) is 4.20. The van der Waals surface area contributed by atoms with E-state index in [9.17, 15) is 9.90 Å². The van der Waals surface area contributed by atoms with Crippen molar-refractivity contribution in [3.05, 3.63) is 53.7 Å². The van der Waals surface area contributed by atoms with Crippen LogP contribution in [0.1, 0.15) is 31.0 Å². The van der Waals surface area contributed by atoms with Crippen molar-refractivity contribution in [1.29, 1.82) is 0 Å². The fourth-order valence-electron chi connectivity index (χ4n) is 2.93. The van der Waals surface area contributed by atoms with Crippen LogP contribution < -0.4 is 0 Å². The van der Waals surface area contributed by atoms with Gasteiger partial charge in [-0.25, -0.2) is 0 Å². The van der Waals surface area contributed by atoms with Gasteiger partial charge in [0.25, 0.3) is 0 Å². The van der Waals surface area contributed by atoms with Gasteiger partial charge < -0.3 is 5.11 Å². The lowest BCUT2D eigenvalue weighted by molar-refractivity contribution is -0.143. The molecule has 2 aromatic rings. The maximum absolute atomic E-state index is 11.6. The van der Waals surface area contributed by atoms with Crippen molar-refractivity contribution in [3.63, 3.8) is 0 Å². The van der Waals surface area contributed by atoms with Crippen LogP contribution in [0.15, 0.2) is 42.5 Å². The Hall–Kier alpha value is -2.16. The van der Waals surface area contributed by atoms with Crippen LogP contribution in [-0.4, -0.2) is 16.1 Å². The van der Waals surface area contributed by atoms with Crippen molar-refractivity contribution in [1.82, 2.24) is 4.98 Å². The van der Waals surface area contributed by atoms with Crippen molar-refractivity contribution >= 4 is 5.97 Å². The average Bonchev–Trinajstić information content (AvgIpc) is 2.48. The van der Waals surface area contributed by atoms with Crippen LogP contribution in [0, 0.1) is 0 Å². The highest BCUT2D eigenvalue weighted by Crippen LogP contribution is 2.37. The summed E-state index contributed by atoms with van der Waals surface area (Å²) in [5.41, 5.74) is 2.99. The Labute approximate surface area is 118 Å². The number of carboxylic acid groups (broad SMARTS) is 1. The molecule has 0 saturated carbocycles. The van der Waals surface area contributed by atoms with E-state index in [2.05, 4.69) is 0 Å². The Bertz CT molecular complexity index is 651. The number of benzene rings is 1. The molecule has 1 aromatic carbocycles. The van der Waals surface area contributed by atoms with Gasteiger partial charge in [0.15, 0.2) is 0 Å². The molecular formula is C17H17NO2. The van der Waals surface area contributed by atoms with Gasteiger partial charge in [0.1, 0.15) is 0 Å². The number of pyridine rings is 1. The molecular weight excluding hydrogens is 250 g/mol. The number of hydrogen-bond donors (Lipinski definition) is 1. The zero-order chi connectivity index (χ0) is 14.2. The lowest BCUT2D eigenvalue weighted by Gasteiger charge is -2.31. The topological polar surface area (TPSA) is 50.2 Å². The average molecular weight is 267 g/mol. The maximum Gasteiger partial charge on any atom is 0.313 e. The number of fused-ring (bicyclic) bond motifs is 1. The van der Waals surface area contributed by atoms with E-state index >= 15 is 0 Å². The van der Waals surface area contributed by atoms with Gasteiger partial charge in [0, 0.05) is 11.3 Å². The monoisotopic (exact) mass is 267 g/mol. The van der Waals surface area contributed by atoms with Gasteiger partial charge in [-0.05, 0) is 37.8 Å². The number of aromatic nitrogens is 1. The summed E-state index contributed by atoms with van der Waals surface area (Å²) in [4.78, 5) is 16.3. The molecule has 1 aliphatic rings.